The van der Waals surface area contributed by atoms with Gasteiger partial charge in [0.2, 0.25) is 5.82 Å². The first-order chi connectivity index (χ1) is 16.5. The topological polar surface area (TPSA) is 167 Å². The zero-order chi connectivity index (χ0) is 24.2. The number of aliphatic hydroxyl groups is 2. The molecule has 1 aliphatic heterocycles. The number of nitriles is 1. The molecule has 0 aliphatic carbocycles. The summed E-state index contributed by atoms with van der Waals surface area (Å²) >= 11 is 0. The van der Waals surface area contributed by atoms with Crippen LogP contribution in [0.2, 0.25) is 0 Å². The van der Waals surface area contributed by atoms with Gasteiger partial charge in [0.15, 0.2) is 29.3 Å². The lowest BCUT2D eigenvalue weighted by molar-refractivity contribution is -0.137. The van der Waals surface area contributed by atoms with Gasteiger partial charge in [-0.15, -0.1) is 0 Å². The van der Waals surface area contributed by atoms with Crippen LogP contribution in [0, 0.1) is 23.2 Å². The van der Waals surface area contributed by atoms with Crippen LogP contribution in [0.3, 0.4) is 0 Å². The third-order valence-corrected chi connectivity index (χ3v) is 5.19. The SMILES string of the molecule is CNC(=O)[C@H]1O[C@@H](n2cnc3c(NOC)nc(C#Cc4ccc(CC#N)cc4)nc32)[C@H](O)[C@@H]1O. The van der Waals surface area contributed by atoms with E-state index < -0.39 is 30.4 Å². The highest BCUT2D eigenvalue weighted by atomic mass is 16.6. The van der Waals surface area contributed by atoms with Crippen LogP contribution in [0.1, 0.15) is 23.2 Å². The maximum Gasteiger partial charge on any atom is 0.251 e. The van der Waals surface area contributed by atoms with Crippen LogP contribution in [0.25, 0.3) is 11.2 Å². The van der Waals surface area contributed by atoms with Crippen molar-refractivity contribution < 1.29 is 24.6 Å². The second-order valence-corrected chi connectivity index (χ2v) is 7.35. The smallest absolute Gasteiger partial charge is 0.251 e. The van der Waals surface area contributed by atoms with Gasteiger partial charge in [0.05, 0.1) is 25.9 Å². The molecule has 0 unspecified atom stereocenters. The number of nitrogens with zero attached hydrogens (tertiary/aromatic N) is 5. The monoisotopic (exact) mass is 463 g/mol. The summed E-state index contributed by atoms with van der Waals surface area (Å²) in [6.07, 6.45) is -3.56. The lowest BCUT2D eigenvalue weighted by atomic mass is 10.1. The number of aliphatic hydroxyl groups excluding tert-OH is 2. The number of carbonyl (C=O) groups is 1. The van der Waals surface area contributed by atoms with Gasteiger partial charge in [-0.3, -0.25) is 14.2 Å². The number of anilines is 1. The van der Waals surface area contributed by atoms with Gasteiger partial charge in [-0.25, -0.2) is 15.4 Å². The minimum Gasteiger partial charge on any atom is -0.387 e. The Kier molecular flexibility index (Phi) is 6.67. The molecule has 1 saturated heterocycles. The Morgan fingerprint density at radius 1 is 1.24 bits per heavy atom. The molecule has 12 heteroatoms. The fraction of sp³-hybridized carbons (Fsp3) is 0.318. The molecule has 2 aromatic heterocycles. The van der Waals surface area contributed by atoms with Crippen molar-refractivity contribution in [1.82, 2.24) is 24.8 Å². The third-order valence-electron chi connectivity index (χ3n) is 5.19. The average molecular weight is 463 g/mol. The lowest BCUT2D eigenvalue weighted by Crippen LogP contribution is -2.41. The van der Waals surface area contributed by atoms with Crippen molar-refractivity contribution in [3.8, 4) is 17.9 Å². The van der Waals surface area contributed by atoms with Gasteiger partial charge >= 0.3 is 0 Å². The Morgan fingerprint density at radius 3 is 2.68 bits per heavy atom. The van der Waals surface area contributed by atoms with E-state index in [2.05, 4.69) is 43.7 Å². The number of aromatic nitrogens is 4. The Balaban J connectivity index is 1.72. The van der Waals surface area contributed by atoms with E-state index in [0.29, 0.717) is 17.5 Å². The molecule has 1 aliphatic rings. The summed E-state index contributed by atoms with van der Waals surface area (Å²) < 4.78 is 7.03. The molecule has 1 fully saturated rings. The lowest BCUT2D eigenvalue weighted by Gasteiger charge is -2.16. The van der Waals surface area contributed by atoms with Crippen LogP contribution in [0.4, 0.5) is 5.82 Å². The standard InChI is InChI=1S/C22H21N7O5/c1-24-21(32)18-16(30)17(31)22(34-18)29-11-25-15-19(28-33-2)26-14(27-20(15)29)8-7-12-3-5-13(6-4-12)9-10-23/h3-6,11,16-18,22,30-31H,9H2,1-2H3,(H,24,32)(H,26,27,28)/t16-,17+,18-,22+/m0/s1. The van der Waals surface area contributed by atoms with Crippen molar-refractivity contribution >= 4 is 22.9 Å². The maximum absolute atomic E-state index is 12.0. The zero-order valence-corrected chi connectivity index (χ0v) is 18.3. The van der Waals surface area contributed by atoms with Gasteiger partial charge < -0.3 is 20.3 Å². The van der Waals surface area contributed by atoms with Crippen LogP contribution in [-0.2, 0) is 20.8 Å². The molecule has 12 nitrogen and oxygen atoms in total. The van der Waals surface area contributed by atoms with E-state index >= 15 is 0 Å². The fourth-order valence-electron chi connectivity index (χ4n) is 3.50. The summed E-state index contributed by atoms with van der Waals surface area (Å²) in [6.45, 7) is 0. The van der Waals surface area contributed by atoms with Gasteiger partial charge in [-0.05, 0) is 23.6 Å². The van der Waals surface area contributed by atoms with E-state index in [0.717, 1.165) is 5.56 Å². The quantitative estimate of drug-likeness (QED) is 0.289. The molecular weight excluding hydrogens is 442 g/mol. The number of imidazole rings is 1. The summed E-state index contributed by atoms with van der Waals surface area (Å²) in [5.74, 6) is 5.63. The molecule has 174 valence electrons. The molecule has 3 aromatic rings. The Bertz CT molecular complexity index is 1310. The van der Waals surface area contributed by atoms with Gasteiger partial charge in [0, 0.05) is 12.6 Å². The Labute approximate surface area is 194 Å². The summed E-state index contributed by atoms with van der Waals surface area (Å²) in [6, 6.07) is 9.31. The molecule has 0 bridgehead atoms. The average Bonchev–Trinajstić information content (AvgIpc) is 3.39. The molecule has 4 atom stereocenters. The summed E-state index contributed by atoms with van der Waals surface area (Å²) in [7, 11) is 2.82. The van der Waals surface area contributed by atoms with Crippen molar-refractivity contribution in [2.45, 2.75) is 31.0 Å². The minimum absolute atomic E-state index is 0.130. The first-order valence-corrected chi connectivity index (χ1v) is 10.2. The van der Waals surface area contributed by atoms with E-state index in [4.69, 9.17) is 14.8 Å². The third kappa shape index (κ3) is 4.39. The second-order valence-electron chi connectivity index (χ2n) is 7.35. The van der Waals surface area contributed by atoms with Crippen molar-refractivity contribution in [1.29, 1.82) is 5.26 Å². The van der Waals surface area contributed by atoms with Crippen molar-refractivity contribution in [2.24, 2.45) is 0 Å². The maximum atomic E-state index is 12.0. The number of ether oxygens (including phenoxy) is 1. The van der Waals surface area contributed by atoms with E-state index in [1.165, 1.54) is 25.1 Å². The Morgan fingerprint density at radius 2 is 2.00 bits per heavy atom. The molecule has 0 radical (unpaired) electrons. The van der Waals surface area contributed by atoms with Crippen molar-refractivity contribution in [3.63, 3.8) is 0 Å². The van der Waals surface area contributed by atoms with Crippen molar-refractivity contribution in [2.75, 3.05) is 19.6 Å². The number of fused-ring (bicyclic) bond motifs is 1. The van der Waals surface area contributed by atoms with Gasteiger partial charge in [-0.2, -0.15) is 10.2 Å². The second kappa shape index (κ2) is 9.82. The minimum atomic E-state index is -1.44. The number of amides is 1. The Hall–Kier alpha value is -4.07. The summed E-state index contributed by atoms with van der Waals surface area (Å²) in [5.41, 5.74) is 4.77. The number of rotatable bonds is 5. The van der Waals surface area contributed by atoms with Crippen molar-refractivity contribution in [3.05, 3.63) is 47.5 Å². The number of hydrogen-bond acceptors (Lipinski definition) is 10. The van der Waals surface area contributed by atoms with Crippen LogP contribution in [-0.4, -0.2) is 68.1 Å². The molecule has 0 saturated carbocycles. The highest BCUT2D eigenvalue weighted by Crippen LogP contribution is 2.32. The van der Waals surface area contributed by atoms with Gasteiger partial charge in [0.1, 0.15) is 12.2 Å². The molecule has 4 N–H and O–H groups in total. The number of hydrogen-bond donors (Lipinski definition) is 4. The number of likely N-dealkylation sites (N-methyl/N-ethyl adjacent to an activating group) is 1. The molecule has 1 aromatic carbocycles. The van der Waals surface area contributed by atoms with Crippen LogP contribution < -0.4 is 10.8 Å². The zero-order valence-electron chi connectivity index (χ0n) is 18.3. The molecule has 4 rings (SSSR count). The predicted molar refractivity (Wildman–Crippen MR) is 118 cm³/mol. The number of nitrogens with one attached hydrogen (secondary N) is 2. The van der Waals surface area contributed by atoms with E-state index in [9.17, 15) is 15.0 Å². The molecular formula is C22H21N7O5. The molecule has 1 amide bonds. The van der Waals surface area contributed by atoms with E-state index in [-0.39, 0.29) is 17.3 Å². The van der Waals surface area contributed by atoms with Gasteiger partial charge in [-0.1, -0.05) is 18.1 Å². The largest absolute Gasteiger partial charge is 0.387 e. The number of carbonyl (C=O) groups excluding carboxylic acids is 1. The molecule has 3 heterocycles. The van der Waals surface area contributed by atoms with Crippen LogP contribution in [0.15, 0.2) is 30.6 Å². The predicted octanol–water partition coefficient (Wildman–Crippen LogP) is -0.369. The fourth-order valence-corrected chi connectivity index (χ4v) is 3.50. The number of benzene rings is 1. The first kappa shape index (κ1) is 23.1. The summed E-state index contributed by atoms with van der Waals surface area (Å²) in [5, 5.41) is 32.0. The van der Waals surface area contributed by atoms with E-state index in [1.54, 1.807) is 12.1 Å². The summed E-state index contributed by atoms with van der Waals surface area (Å²) in [4.78, 5) is 30.0. The normalized spacial score (nSPS) is 21.5. The first-order valence-electron chi connectivity index (χ1n) is 10.2. The van der Waals surface area contributed by atoms with Crippen LogP contribution >= 0.6 is 0 Å². The molecule has 34 heavy (non-hydrogen) atoms. The highest BCUT2D eigenvalue weighted by molar-refractivity contribution is 5.83. The molecule has 0 spiro atoms. The highest BCUT2D eigenvalue weighted by Gasteiger charge is 2.47. The van der Waals surface area contributed by atoms with Gasteiger partial charge in [0.25, 0.3) is 5.91 Å². The van der Waals surface area contributed by atoms with Crippen LogP contribution in [0.5, 0.6) is 0 Å². The van der Waals surface area contributed by atoms with E-state index in [1.807, 2.05) is 12.1 Å².